The normalized spacial score (nSPS) is 11.7. The first-order valence-corrected chi connectivity index (χ1v) is 22.8. The van der Waals surface area contributed by atoms with Crippen LogP contribution < -0.4 is 0 Å². The van der Waals surface area contributed by atoms with E-state index in [0.29, 0.717) is 5.82 Å². The molecule has 0 radical (unpaired) electrons. The van der Waals surface area contributed by atoms with E-state index < -0.39 is 0 Å². The van der Waals surface area contributed by atoms with Gasteiger partial charge in [-0.05, 0) is 84.9 Å². The quantitative estimate of drug-likeness (QED) is 0.157. The zero-order valence-electron chi connectivity index (χ0n) is 35.1. The van der Waals surface area contributed by atoms with Gasteiger partial charge in [0, 0.05) is 43.1 Å². The topological polar surface area (TPSA) is 38.7 Å². The monoisotopic (exact) mass is 843 g/mol. The second kappa shape index (κ2) is 15.2. The molecule has 0 bridgehead atoms. The number of hydrogen-bond acceptors (Lipinski definition) is 4. The summed E-state index contributed by atoms with van der Waals surface area (Å²) in [4.78, 5) is 16.0. The molecule has 0 aliphatic heterocycles. The molecular formula is C61H37N3S. The number of pyridine rings is 1. The van der Waals surface area contributed by atoms with Crippen LogP contribution in [0.4, 0.5) is 0 Å². The molecular weight excluding hydrogens is 807 g/mol. The van der Waals surface area contributed by atoms with Crippen molar-refractivity contribution in [2.45, 2.75) is 0 Å². The lowest BCUT2D eigenvalue weighted by molar-refractivity contribution is 1.18. The molecule has 13 aromatic rings. The summed E-state index contributed by atoms with van der Waals surface area (Å²) in [5.74, 6) is 0.680. The lowest BCUT2D eigenvalue weighted by atomic mass is 9.92. The van der Waals surface area contributed by atoms with Crippen molar-refractivity contribution in [1.29, 1.82) is 0 Å². The average molecular weight is 844 g/mol. The van der Waals surface area contributed by atoms with Crippen LogP contribution in [0.1, 0.15) is 0 Å². The Balaban J connectivity index is 0.955. The molecule has 65 heavy (non-hydrogen) atoms. The third kappa shape index (κ3) is 6.37. The van der Waals surface area contributed by atoms with Crippen molar-refractivity contribution in [2.24, 2.45) is 0 Å². The van der Waals surface area contributed by atoms with Gasteiger partial charge in [0.05, 0.1) is 27.3 Å². The fraction of sp³-hybridized carbons (Fsp3) is 0. The summed E-state index contributed by atoms with van der Waals surface area (Å²) in [6.45, 7) is 0. The molecule has 0 aliphatic carbocycles. The van der Waals surface area contributed by atoms with Crippen LogP contribution in [0.25, 0.3) is 131 Å². The van der Waals surface area contributed by atoms with E-state index in [0.717, 1.165) is 61.4 Å². The van der Waals surface area contributed by atoms with Gasteiger partial charge in [-0.2, -0.15) is 0 Å². The molecule has 3 nitrogen and oxygen atoms in total. The average Bonchev–Trinajstić information content (AvgIpc) is 3.79. The Labute approximate surface area is 379 Å². The maximum atomic E-state index is 5.59. The van der Waals surface area contributed by atoms with Gasteiger partial charge in [-0.25, -0.2) is 15.0 Å². The van der Waals surface area contributed by atoms with Gasteiger partial charge in [-0.3, -0.25) is 0 Å². The molecule has 0 fully saturated rings. The fourth-order valence-corrected chi connectivity index (χ4v) is 10.9. The minimum absolute atomic E-state index is 0.680. The number of aromatic nitrogens is 3. The summed E-state index contributed by atoms with van der Waals surface area (Å²) in [6.07, 6.45) is 0. The predicted octanol–water partition coefficient (Wildman–Crippen LogP) is 16.9. The fourth-order valence-electron chi connectivity index (χ4n) is 9.70. The van der Waals surface area contributed by atoms with Crippen molar-refractivity contribution in [1.82, 2.24) is 15.0 Å². The van der Waals surface area contributed by atoms with Crippen LogP contribution in [0.15, 0.2) is 224 Å². The molecule has 0 N–H and O–H groups in total. The SMILES string of the molecule is c1ccc(-c2ccc(-c3cc(-c4ccccc4)nc(-c4cccc(-c5ccc6c(c5)nc(-c5ccc7c8ccccc8c8ccccc8c7c5)c5sc7ccccc7c56)c4)n3)cc2)cc1. The summed E-state index contributed by atoms with van der Waals surface area (Å²) in [7, 11) is 0. The van der Waals surface area contributed by atoms with Gasteiger partial charge in [-0.15, -0.1) is 11.3 Å². The smallest absolute Gasteiger partial charge is 0.160 e. The van der Waals surface area contributed by atoms with E-state index in [1.165, 1.54) is 63.6 Å². The number of nitrogens with zero attached hydrogens (tertiary/aromatic N) is 3. The summed E-state index contributed by atoms with van der Waals surface area (Å²) < 4.78 is 2.47. The van der Waals surface area contributed by atoms with Gasteiger partial charge in [0.25, 0.3) is 0 Å². The van der Waals surface area contributed by atoms with Gasteiger partial charge >= 0.3 is 0 Å². The molecule has 3 heterocycles. The first-order chi connectivity index (χ1) is 32.2. The maximum Gasteiger partial charge on any atom is 0.160 e. The highest BCUT2D eigenvalue weighted by molar-refractivity contribution is 7.26. The molecule has 4 heteroatoms. The van der Waals surface area contributed by atoms with Gasteiger partial charge in [0.15, 0.2) is 5.82 Å². The summed E-state index contributed by atoms with van der Waals surface area (Å²) in [5, 5.41) is 11.2. The van der Waals surface area contributed by atoms with Crippen LogP contribution in [0.5, 0.6) is 0 Å². The molecule has 0 atom stereocenters. The van der Waals surface area contributed by atoms with E-state index in [-0.39, 0.29) is 0 Å². The second-order valence-electron chi connectivity index (χ2n) is 16.7. The Morgan fingerprint density at radius 2 is 0.754 bits per heavy atom. The van der Waals surface area contributed by atoms with E-state index in [9.17, 15) is 0 Å². The van der Waals surface area contributed by atoms with Crippen LogP contribution in [-0.2, 0) is 0 Å². The number of rotatable bonds is 6. The van der Waals surface area contributed by atoms with Crippen molar-refractivity contribution in [2.75, 3.05) is 0 Å². The minimum Gasteiger partial charge on any atom is -0.246 e. The largest absolute Gasteiger partial charge is 0.246 e. The number of hydrogen-bond donors (Lipinski definition) is 0. The van der Waals surface area contributed by atoms with Crippen LogP contribution in [0.2, 0.25) is 0 Å². The molecule has 13 rings (SSSR count). The highest BCUT2D eigenvalue weighted by Gasteiger charge is 2.19. The molecule has 0 amide bonds. The van der Waals surface area contributed by atoms with Gasteiger partial charge in [0.1, 0.15) is 0 Å². The van der Waals surface area contributed by atoms with Crippen molar-refractivity contribution < 1.29 is 0 Å². The minimum atomic E-state index is 0.680. The lowest BCUT2D eigenvalue weighted by Crippen LogP contribution is -1.96. The zero-order chi connectivity index (χ0) is 42.8. The molecule has 0 saturated heterocycles. The van der Waals surface area contributed by atoms with E-state index in [2.05, 4.69) is 212 Å². The number of thiophene rings is 1. The Hall–Kier alpha value is -8.31. The van der Waals surface area contributed by atoms with Crippen molar-refractivity contribution >= 4 is 74.7 Å². The molecule has 0 aliphatic rings. The van der Waals surface area contributed by atoms with E-state index in [4.69, 9.17) is 15.0 Å². The Kier molecular flexibility index (Phi) is 8.71. The maximum absolute atomic E-state index is 5.59. The molecule has 0 saturated carbocycles. The van der Waals surface area contributed by atoms with Gasteiger partial charge in [0.2, 0.25) is 0 Å². The first-order valence-electron chi connectivity index (χ1n) is 22.0. The molecule has 10 aromatic carbocycles. The van der Waals surface area contributed by atoms with E-state index in [1.54, 1.807) is 0 Å². The van der Waals surface area contributed by atoms with Crippen LogP contribution in [0.3, 0.4) is 0 Å². The first kappa shape index (κ1) is 37.3. The van der Waals surface area contributed by atoms with E-state index in [1.807, 2.05) is 23.5 Å². The standard InChI is InChI=1S/C61H37N3S/c1-3-14-38(15-4-1)39-26-28-41(29-27-39)55-37-54(40-16-5-2-6-17-40)63-61(64-55)45-19-13-18-42(34-45)43-30-33-51-56(36-43)62-59(60-58(51)52-24-11-12-25-57(52)65-60)44-31-32-50-48-22-8-7-20-46(48)47-21-9-10-23-49(47)53(50)35-44/h1-37H. The molecule has 3 aromatic heterocycles. The number of fused-ring (bicyclic) bond motifs is 11. The Bertz CT molecular complexity index is 3950. The molecule has 0 unspecified atom stereocenters. The third-order valence-electron chi connectivity index (χ3n) is 12.9. The molecule has 0 spiro atoms. The van der Waals surface area contributed by atoms with Crippen LogP contribution >= 0.6 is 11.3 Å². The van der Waals surface area contributed by atoms with Gasteiger partial charge in [-0.1, -0.05) is 194 Å². The van der Waals surface area contributed by atoms with Crippen LogP contribution in [0, 0.1) is 0 Å². The van der Waals surface area contributed by atoms with Crippen molar-refractivity contribution in [3.05, 3.63) is 224 Å². The second-order valence-corrected chi connectivity index (χ2v) is 17.8. The zero-order valence-corrected chi connectivity index (χ0v) is 35.9. The summed E-state index contributed by atoms with van der Waals surface area (Å²) in [6, 6.07) is 80.2. The predicted molar refractivity (Wildman–Crippen MR) is 275 cm³/mol. The van der Waals surface area contributed by atoms with Crippen molar-refractivity contribution in [3.8, 4) is 67.4 Å². The van der Waals surface area contributed by atoms with Gasteiger partial charge < -0.3 is 0 Å². The summed E-state index contributed by atoms with van der Waals surface area (Å²) in [5.41, 5.74) is 12.4. The van der Waals surface area contributed by atoms with E-state index >= 15 is 0 Å². The summed E-state index contributed by atoms with van der Waals surface area (Å²) >= 11 is 1.83. The third-order valence-corrected chi connectivity index (χ3v) is 14.0. The highest BCUT2D eigenvalue weighted by atomic mass is 32.1. The number of benzene rings is 10. The lowest BCUT2D eigenvalue weighted by Gasteiger charge is -2.13. The Morgan fingerprint density at radius 3 is 1.46 bits per heavy atom. The Morgan fingerprint density at radius 1 is 0.277 bits per heavy atom. The van der Waals surface area contributed by atoms with Crippen molar-refractivity contribution in [3.63, 3.8) is 0 Å². The van der Waals surface area contributed by atoms with Crippen LogP contribution in [-0.4, -0.2) is 15.0 Å². The highest BCUT2D eigenvalue weighted by Crippen LogP contribution is 2.45. The molecule has 302 valence electrons.